The lowest BCUT2D eigenvalue weighted by molar-refractivity contribution is -0.128. The normalized spacial score (nSPS) is 21.7. The van der Waals surface area contributed by atoms with E-state index in [0.717, 1.165) is 11.8 Å². The molecule has 1 fully saturated rings. The first-order valence-corrected chi connectivity index (χ1v) is 5.50. The Kier molecular flexibility index (Phi) is 2.46. The van der Waals surface area contributed by atoms with E-state index in [9.17, 15) is 17.1 Å². The van der Waals surface area contributed by atoms with Gasteiger partial charge in [0.05, 0.1) is 0 Å². The minimum absolute atomic E-state index is 0.270. The minimum atomic E-state index is -5.66. The van der Waals surface area contributed by atoms with E-state index < -0.39 is 14.7 Å². The number of likely N-dealkylation sites (tertiary alicyclic amines) is 1. The standard InChI is InChI=1S/C6H10F3NOSi/c1-5(12(7,8)9)10-4-2-3-6(10)11/h5H,2-4H2,1H3. The molecule has 0 aromatic carbocycles. The Morgan fingerprint density at radius 1 is 1.50 bits per heavy atom. The summed E-state index contributed by atoms with van der Waals surface area (Å²) in [6, 6.07) is 0. The highest BCUT2D eigenvalue weighted by Gasteiger charge is 2.49. The van der Waals surface area contributed by atoms with Gasteiger partial charge in [-0.2, -0.15) is 0 Å². The first-order chi connectivity index (χ1) is 5.43. The fourth-order valence-electron chi connectivity index (χ4n) is 1.26. The van der Waals surface area contributed by atoms with Crippen LogP contribution in [0.15, 0.2) is 0 Å². The molecule has 0 bridgehead atoms. The van der Waals surface area contributed by atoms with Crippen molar-refractivity contribution < 1.29 is 17.1 Å². The van der Waals surface area contributed by atoms with Crippen LogP contribution in [0.4, 0.5) is 12.3 Å². The minimum Gasteiger partial charge on any atom is -0.335 e. The summed E-state index contributed by atoms with van der Waals surface area (Å²) in [7, 11) is -5.66. The number of rotatable bonds is 2. The largest absolute Gasteiger partial charge is 0.639 e. The summed E-state index contributed by atoms with van der Waals surface area (Å²) in [5.74, 6) is -0.354. The highest BCUT2D eigenvalue weighted by Crippen LogP contribution is 2.23. The fraction of sp³-hybridized carbons (Fsp3) is 0.833. The molecule has 1 aliphatic rings. The highest BCUT2D eigenvalue weighted by atomic mass is 28.5. The van der Waals surface area contributed by atoms with Crippen LogP contribution in [0, 0.1) is 0 Å². The maximum atomic E-state index is 12.2. The van der Waals surface area contributed by atoms with Gasteiger partial charge in [-0.15, -0.1) is 0 Å². The van der Waals surface area contributed by atoms with Crippen molar-refractivity contribution in [3.63, 3.8) is 0 Å². The predicted molar refractivity (Wildman–Crippen MR) is 39.5 cm³/mol. The molecule has 0 aliphatic carbocycles. The molecule has 1 amide bonds. The molecule has 0 aromatic rings. The lowest BCUT2D eigenvalue weighted by atomic mass is 10.4. The Morgan fingerprint density at radius 3 is 2.42 bits per heavy atom. The Bertz CT molecular complexity index is 194. The summed E-state index contributed by atoms with van der Waals surface area (Å²) < 4.78 is 36.7. The number of carbonyl (C=O) groups excluding carboxylic acids is 1. The third-order valence-corrected chi connectivity index (χ3v) is 3.31. The molecular formula is C6H10F3NOSi. The molecule has 0 spiro atoms. The van der Waals surface area contributed by atoms with Crippen LogP contribution in [0.1, 0.15) is 19.8 Å². The molecule has 0 radical (unpaired) electrons. The topological polar surface area (TPSA) is 20.3 Å². The van der Waals surface area contributed by atoms with Gasteiger partial charge in [0.15, 0.2) is 0 Å². The Morgan fingerprint density at radius 2 is 2.08 bits per heavy atom. The van der Waals surface area contributed by atoms with Gasteiger partial charge in [-0.25, -0.2) is 12.3 Å². The number of hydrogen-bond donors (Lipinski definition) is 0. The number of hydrogen-bond acceptors (Lipinski definition) is 1. The van der Waals surface area contributed by atoms with Crippen molar-refractivity contribution in [2.24, 2.45) is 0 Å². The predicted octanol–water partition coefficient (Wildman–Crippen LogP) is 1.38. The second-order valence-electron chi connectivity index (χ2n) is 2.91. The zero-order valence-electron chi connectivity index (χ0n) is 6.69. The summed E-state index contributed by atoms with van der Waals surface area (Å²) in [5, 5.41) is 0. The van der Waals surface area contributed by atoms with Gasteiger partial charge in [-0.05, 0) is 13.3 Å². The summed E-state index contributed by atoms with van der Waals surface area (Å²) in [6.07, 6.45) is 0.836. The van der Waals surface area contributed by atoms with Crippen LogP contribution < -0.4 is 0 Å². The van der Waals surface area contributed by atoms with Gasteiger partial charge < -0.3 is 4.90 Å². The van der Waals surface area contributed by atoms with Crippen molar-refractivity contribution in [1.29, 1.82) is 0 Å². The van der Waals surface area contributed by atoms with E-state index in [1.165, 1.54) is 0 Å². The van der Waals surface area contributed by atoms with Crippen LogP contribution in [-0.2, 0) is 4.79 Å². The second kappa shape index (κ2) is 3.08. The van der Waals surface area contributed by atoms with E-state index in [4.69, 9.17) is 0 Å². The lowest BCUT2D eigenvalue weighted by Gasteiger charge is -2.23. The summed E-state index contributed by atoms with van der Waals surface area (Å²) in [6.45, 7) is 1.35. The quantitative estimate of drug-likeness (QED) is 0.484. The van der Waals surface area contributed by atoms with Crippen LogP contribution in [-0.4, -0.2) is 32.1 Å². The van der Waals surface area contributed by atoms with E-state index >= 15 is 0 Å². The maximum Gasteiger partial charge on any atom is 0.639 e. The van der Waals surface area contributed by atoms with Crippen molar-refractivity contribution in [1.82, 2.24) is 4.90 Å². The summed E-state index contributed by atoms with van der Waals surface area (Å²) >= 11 is 0. The Labute approximate surface area is 69.9 Å². The maximum absolute atomic E-state index is 12.2. The smallest absolute Gasteiger partial charge is 0.335 e. The average Bonchev–Trinajstić information content (AvgIpc) is 2.31. The molecule has 1 unspecified atom stereocenters. The number of amides is 1. The van der Waals surface area contributed by atoms with E-state index in [1.54, 1.807) is 0 Å². The van der Waals surface area contributed by atoms with Crippen molar-refractivity contribution in [2.75, 3.05) is 6.54 Å². The van der Waals surface area contributed by atoms with Crippen molar-refractivity contribution >= 4 is 15.0 Å². The molecule has 0 N–H and O–H groups in total. The van der Waals surface area contributed by atoms with Gasteiger partial charge in [0.1, 0.15) is 5.67 Å². The SMILES string of the molecule is CC(N1CCCC1=O)[Si](F)(F)F. The van der Waals surface area contributed by atoms with Crippen molar-refractivity contribution in [2.45, 2.75) is 25.4 Å². The molecule has 1 rings (SSSR count). The van der Waals surface area contributed by atoms with E-state index in [0.29, 0.717) is 6.42 Å². The Hall–Kier alpha value is -0.523. The molecule has 1 saturated heterocycles. The monoisotopic (exact) mass is 197 g/mol. The molecule has 2 nitrogen and oxygen atoms in total. The molecule has 70 valence electrons. The third kappa shape index (κ3) is 1.80. The van der Waals surface area contributed by atoms with Crippen LogP contribution in [0.3, 0.4) is 0 Å². The molecule has 1 aliphatic heterocycles. The zero-order chi connectivity index (χ0) is 9.35. The van der Waals surface area contributed by atoms with Crippen LogP contribution in [0.5, 0.6) is 0 Å². The van der Waals surface area contributed by atoms with E-state index in [-0.39, 0.29) is 18.9 Å². The molecule has 1 heterocycles. The number of halogens is 3. The lowest BCUT2D eigenvalue weighted by Crippen LogP contribution is -2.47. The fourth-order valence-corrected chi connectivity index (χ4v) is 1.88. The molecular weight excluding hydrogens is 187 g/mol. The molecule has 1 atom stereocenters. The van der Waals surface area contributed by atoms with Crippen LogP contribution in [0.25, 0.3) is 0 Å². The molecule has 12 heavy (non-hydrogen) atoms. The summed E-state index contributed by atoms with van der Waals surface area (Å²) in [5.41, 5.74) is -1.49. The zero-order valence-corrected chi connectivity index (χ0v) is 7.69. The first kappa shape index (κ1) is 9.56. The van der Waals surface area contributed by atoms with E-state index in [2.05, 4.69) is 0 Å². The van der Waals surface area contributed by atoms with Gasteiger partial charge in [0.25, 0.3) is 0 Å². The molecule has 0 saturated carbocycles. The Balaban J connectivity index is 2.63. The number of nitrogens with zero attached hydrogens (tertiary/aromatic N) is 1. The third-order valence-electron chi connectivity index (χ3n) is 2.05. The summed E-state index contributed by atoms with van der Waals surface area (Å²) in [4.78, 5) is 11.9. The average molecular weight is 197 g/mol. The highest BCUT2D eigenvalue weighted by molar-refractivity contribution is 6.60. The van der Waals surface area contributed by atoms with Crippen LogP contribution in [0.2, 0.25) is 0 Å². The van der Waals surface area contributed by atoms with Gasteiger partial charge in [0, 0.05) is 13.0 Å². The van der Waals surface area contributed by atoms with Gasteiger partial charge in [0.2, 0.25) is 5.91 Å². The first-order valence-electron chi connectivity index (χ1n) is 3.79. The van der Waals surface area contributed by atoms with Gasteiger partial charge in [-0.1, -0.05) is 0 Å². The molecule has 6 heteroatoms. The van der Waals surface area contributed by atoms with Gasteiger partial charge in [-0.3, -0.25) is 4.79 Å². The number of carbonyl (C=O) groups is 1. The van der Waals surface area contributed by atoms with Crippen molar-refractivity contribution in [3.8, 4) is 0 Å². The van der Waals surface area contributed by atoms with E-state index in [1.807, 2.05) is 0 Å². The second-order valence-corrected chi connectivity index (χ2v) is 4.83. The van der Waals surface area contributed by atoms with Crippen LogP contribution >= 0.6 is 0 Å². The van der Waals surface area contributed by atoms with Gasteiger partial charge >= 0.3 is 9.08 Å². The van der Waals surface area contributed by atoms with Crippen molar-refractivity contribution in [3.05, 3.63) is 0 Å². The molecule has 0 aromatic heterocycles.